The average molecular weight is 415 g/mol. The molecule has 0 aliphatic carbocycles. The number of rotatable bonds is 9. The molecule has 1 saturated heterocycles. The molecule has 1 aromatic heterocycles. The predicted molar refractivity (Wildman–Crippen MR) is 116 cm³/mol. The Morgan fingerprint density at radius 3 is 2.66 bits per heavy atom. The van der Waals surface area contributed by atoms with Gasteiger partial charge in [0.1, 0.15) is 5.03 Å². The highest BCUT2D eigenvalue weighted by Gasteiger charge is 2.26. The molecular weight excluding hydrogens is 384 g/mol. The molecule has 1 aliphatic heterocycles. The second-order valence-corrected chi connectivity index (χ2v) is 8.27. The normalized spacial score (nSPS) is 14.8. The lowest BCUT2D eigenvalue weighted by Gasteiger charge is -2.32. The highest BCUT2D eigenvalue weighted by molar-refractivity contribution is 7.99. The summed E-state index contributed by atoms with van der Waals surface area (Å²) < 4.78 is 5.31. The molecule has 2 heterocycles. The number of piperidine rings is 1. The second-order valence-electron chi connectivity index (χ2n) is 7.20. The maximum absolute atomic E-state index is 12.4. The molecule has 0 saturated carbocycles. The Bertz CT molecular complexity index is 777. The molecule has 2 aromatic rings. The minimum atomic E-state index is 0.0724. The summed E-state index contributed by atoms with van der Waals surface area (Å²) in [6.45, 7) is 7.80. The van der Waals surface area contributed by atoms with E-state index in [1.807, 2.05) is 6.92 Å². The first-order chi connectivity index (χ1) is 14.2. The van der Waals surface area contributed by atoms with Gasteiger partial charge in [0.25, 0.3) is 0 Å². The fourth-order valence-corrected chi connectivity index (χ4v) is 4.23. The first kappa shape index (κ1) is 21.6. The Morgan fingerprint density at radius 2 is 1.93 bits per heavy atom. The Kier molecular flexibility index (Phi) is 8.31. The molecule has 6 nitrogen and oxygen atoms in total. The van der Waals surface area contributed by atoms with Crippen LogP contribution in [-0.4, -0.2) is 48.7 Å². The molecule has 3 rings (SSSR count). The Hall–Kier alpha value is -2.12. The smallest absolute Gasteiger partial charge is 0.223 e. The fraction of sp³-hybridized carbons (Fsp3) is 0.500. The Morgan fingerprint density at radius 1 is 1.21 bits per heavy atom. The van der Waals surface area contributed by atoms with Crippen LogP contribution in [0, 0.1) is 12.8 Å². The van der Waals surface area contributed by atoms with Gasteiger partial charge in [-0.25, -0.2) is 9.97 Å². The summed E-state index contributed by atoms with van der Waals surface area (Å²) in [5.41, 5.74) is 1.24. The predicted octanol–water partition coefficient (Wildman–Crippen LogP) is 3.70. The van der Waals surface area contributed by atoms with Gasteiger partial charge in [-0.3, -0.25) is 4.79 Å². The van der Waals surface area contributed by atoms with Crippen LogP contribution >= 0.6 is 11.8 Å². The van der Waals surface area contributed by atoms with Crippen LogP contribution in [-0.2, 0) is 9.53 Å². The van der Waals surface area contributed by atoms with Crippen molar-refractivity contribution in [3.8, 4) is 0 Å². The van der Waals surface area contributed by atoms with E-state index in [-0.39, 0.29) is 11.8 Å². The largest absolute Gasteiger partial charge is 0.382 e. The van der Waals surface area contributed by atoms with Crippen LogP contribution in [0.5, 0.6) is 0 Å². The van der Waals surface area contributed by atoms with Gasteiger partial charge < -0.3 is 15.0 Å². The molecule has 0 radical (unpaired) electrons. The summed E-state index contributed by atoms with van der Waals surface area (Å²) >= 11 is 1.63. The summed E-state index contributed by atoms with van der Waals surface area (Å²) in [6.07, 6.45) is 6.01. The molecule has 1 aliphatic rings. The van der Waals surface area contributed by atoms with Crippen LogP contribution in [0.4, 0.5) is 5.82 Å². The first-order valence-corrected chi connectivity index (χ1v) is 11.1. The van der Waals surface area contributed by atoms with Crippen LogP contribution in [0.3, 0.4) is 0 Å². The minimum Gasteiger partial charge on any atom is -0.382 e. The zero-order valence-electron chi connectivity index (χ0n) is 17.3. The van der Waals surface area contributed by atoms with Crippen molar-refractivity contribution < 1.29 is 9.53 Å². The third-order valence-corrected chi connectivity index (χ3v) is 6.01. The summed E-state index contributed by atoms with van der Waals surface area (Å²) in [4.78, 5) is 25.0. The molecular formula is C22H30N4O2S. The fourth-order valence-electron chi connectivity index (χ4n) is 3.35. The van der Waals surface area contributed by atoms with Crippen molar-refractivity contribution >= 4 is 23.5 Å². The number of nitrogens with zero attached hydrogens (tertiary/aromatic N) is 3. The van der Waals surface area contributed by atoms with Gasteiger partial charge in [-0.15, -0.1) is 0 Å². The van der Waals surface area contributed by atoms with Gasteiger partial charge in [-0.05, 0) is 45.2 Å². The Labute approximate surface area is 177 Å². The van der Waals surface area contributed by atoms with E-state index in [2.05, 4.69) is 51.4 Å². The minimum absolute atomic E-state index is 0.0724. The number of benzene rings is 1. The van der Waals surface area contributed by atoms with Crippen molar-refractivity contribution in [2.75, 3.05) is 37.7 Å². The van der Waals surface area contributed by atoms with Crippen LogP contribution in [0.25, 0.3) is 0 Å². The molecule has 7 heteroatoms. The number of hydrogen-bond acceptors (Lipinski definition) is 6. The van der Waals surface area contributed by atoms with Gasteiger partial charge in [-0.1, -0.05) is 29.5 Å². The molecule has 156 valence electrons. The molecule has 1 aromatic carbocycles. The highest BCUT2D eigenvalue weighted by atomic mass is 32.2. The van der Waals surface area contributed by atoms with Crippen LogP contribution in [0.2, 0.25) is 0 Å². The number of amides is 1. The van der Waals surface area contributed by atoms with E-state index in [1.165, 1.54) is 5.56 Å². The van der Waals surface area contributed by atoms with Gasteiger partial charge >= 0.3 is 0 Å². The van der Waals surface area contributed by atoms with Crippen molar-refractivity contribution in [1.29, 1.82) is 0 Å². The average Bonchev–Trinajstić information content (AvgIpc) is 2.75. The zero-order chi connectivity index (χ0) is 20.5. The highest BCUT2D eigenvalue weighted by Crippen LogP contribution is 2.34. The molecule has 0 atom stereocenters. The lowest BCUT2D eigenvalue weighted by Crippen LogP contribution is -2.41. The van der Waals surface area contributed by atoms with E-state index in [0.717, 1.165) is 54.7 Å². The molecule has 1 N–H and O–H groups in total. The topological polar surface area (TPSA) is 67.3 Å². The van der Waals surface area contributed by atoms with Gasteiger partial charge in [0.2, 0.25) is 5.91 Å². The van der Waals surface area contributed by atoms with Gasteiger partial charge in [0, 0.05) is 56.1 Å². The van der Waals surface area contributed by atoms with E-state index >= 15 is 0 Å². The maximum Gasteiger partial charge on any atom is 0.223 e. The van der Waals surface area contributed by atoms with Gasteiger partial charge in [0.05, 0.1) is 0 Å². The van der Waals surface area contributed by atoms with Crippen molar-refractivity contribution in [1.82, 2.24) is 15.3 Å². The molecule has 1 amide bonds. The molecule has 29 heavy (non-hydrogen) atoms. The standard InChI is InChI=1S/C22H30N4O2S/c1-3-28-16-4-11-24-21(27)18-9-14-26(15-10-18)20-22(25-13-12-23-20)29-19-7-5-17(2)6-8-19/h5-8,12-13,18H,3-4,9-11,14-16H2,1-2H3,(H,24,27). The van der Waals surface area contributed by atoms with E-state index in [9.17, 15) is 4.79 Å². The molecule has 0 unspecified atom stereocenters. The van der Waals surface area contributed by atoms with Crippen LogP contribution in [0.1, 0.15) is 31.7 Å². The quantitative estimate of drug-likeness (QED) is 0.631. The van der Waals surface area contributed by atoms with E-state index in [0.29, 0.717) is 13.2 Å². The van der Waals surface area contributed by atoms with Crippen molar-refractivity contribution in [2.45, 2.75) is 43.0 Å². The molecule has 0 spiro atoms. The summed E-state index contributed by atoms with van der Waals surface area (Å²) in [5.74, 6) is 1.14. The van der Waals surface area contributed by atoms with E-state index in [1.54, 1.807) is 24.2 Å². The SMILES string of the molecule is CCOCCCNC(=O)C1CCN(c2nccnc2Sc2ccc(C)cc2)CC1. The monoisotopic (exact) mass is 414 g/mol. The number of aryl methyl sites for hydroxylation is 1. The van der Waals surface area contributed by atoms with Crippen LogP contribution < -0.4 is 10.2 Å². The third kappa shape index (κ3) is 6.44. The van der Waals surface area contributed by atoms with Crippen LogP contribution in [0.15, 0.2) is 46.6 Å². The summed E-state index contributed by atoms with van der Waals surface area (Å²) in [5, 5.41) is 3.96. The Balaban J connectivity index is 1.53. The number of hydrogen-bond donors (Lipinski definition) is 1. The lowest BCUT2D eigenvalue weighted by atomic mass is 9.96. The number of aromatic nitrogens is 2. The van der Waals surface area contributed by atoms with Gasteiger partial charge in [-0.2, -0.15) is 0 Å². The number of nitrogens with one attached hydrogen (secondary N) is 1. The molecule has 1 fully saturated rings. The van der Waals surface area contributed by atoms with Crippen molar-refractivity contribution in [3.63, 3.8) is 0 Å². The third-order valence-electron chi connectivity index (χ3n) is 5.02. The zero-order valence-corrected chi connectivity index (χ0v) is 18.1. The number of anilines is 1. The number of carbonyl (C=O) groups is 1. The first-order valence-electron chi connectivity index (χ1n) is 10.3. The summed E-state index contributed by atoms with van der Waals surface area (Å²) in [6, 6.07) is 8.44. The second kappa shape index (κ2) is 11.2. The summed E-state index contributed by atoms with van der Waals surface area (Å²) in [7, 11) is 0. The number of carbonyl (C=O) groups excluding carboxylic acids is 1. The number of ether oxygens (including phenoxy) is 1. The van der Waals surface area contributed by atoms with E-state index < -0.39 is 0 Å². The van der Waals surface area contributed by atoms with Gasteiger partial charge in [0.15, 0.2) is 5.82 Å². The molecule has 0 bridgehead atoms. The maximum atomic E-state index is 12.4. The lowest BCUT2D eigenvalue weighted by molar-refractivity contribution is -0.125. The van der Waals surface area contributed by atoms with Crippen molar-refractivity contribution in [3.05, 3.63) is 42.2 Å². The van der Waals surface area contributed by atoms with Crippen molar-refractivity contribution in [2.24, 2.45) is 5.92 Å². The van der Waals surface area contributed by atoms with E-state index in [4.69, 9.17) is 4.74 Å².